The summed E-state index contributed by atoms with van der Waals surface area (Å²) in [6.45, 7) is 19.0. The Hall–Kier alpha value is -0.740. The number of aliphatic imine (C=N–C) groups is 2. The van der Waals surface area contributed by atoms with Gasteiger partial charge in [0.2, 0.25) is 0 Å². The molecule has 222 valence electrons. The molecule has 0 aromatic rings. The van der Waals surface area contributed by atoms with Crippen LogP contribution in [0, 0.1) is 0 Å². The van der Waals surface area contributed by atoms with Crippen molar-refractivity contribution in [3.8, 4) is 0 Å². The van der Waals surface area contributed by atoms with Crippen molar-refractivity contribution >= 4 is 12.4 Å². The molecular weight excluding hydrogens is 464 g/mol. The van der Waals surface area contributed by atoms with Gasteiger partial charge < -0.3 is 10.6 Å². The minimum Gasteiger partial charge on any atom is -0.306 e. The third-order valence-electron chi connectivity index (χ3n) is 9.34. The topological polar surface area (TPSA) is 48.8 Å². The largest absolute Gasteiger partial charge is 0.306 e. The van der Waals surface area contributed by atoms with Gasteiger partial charge in [0.25, 0.3) is 0 Å². The normalized spacial score (nSPS) is 36.4. The summed E-state index contributed by atoms with van der Waals surface area (Å²) in [7, 11) is 0. The Balaban J connectivity index is 1.95. The average Bonchev–Trinajstić information content (AvgIpc) is 2.85. The number of nitrogens with one attached hydrogen (secondary N) is 2. The summed E-state index contributed by atoms with van der Waals surface area (Å²) >= 11 is 0. The second kappa shape index (κ2) is 15.9. The van der Waals surface area contributed by atoms with Crippen molar-refractivity contribution in [2.24, 2.45) is 9.98 Å². The average molecular weight is 531 g/mol. The molecule has 2 fully saturated rings. The van der Waals surface area contributed by atoms with Crippen molar-refractivity contribution in [3.05, 3.63) is 0 Å². The van der Waals surface area contributed by atoms with Crippen LogP contribution in [0.2, 0.25) is 0 Å². The van der Waals surface area contributed by atoms with Gasteiger partial charge in [-0.25, -0.2) is 0 Å². The van der Waals surface area contributed by atoms with Gasteiger partial charge in [0.15, 0.2) is 0 Å². The van der Waals surface area contributed by atoms with Gasteiger partial charge in [-0.1, -0.05) is 79.1 Å². The summed E-state index contributed by atoms with van der Waals surface area (Å²) in [6, 6.07) is 0.889. The maximum atomic E-state index is 5.15. The Labute approximate surface area is 238 Å². The van der Waals surface area contributed by atoms with Gasteiger partial charge in [-0.3, -0.25) is 9.98 Å². The molecule has 0 saturated carbocycles. The van der Waals surface area contributed by atoms with Crippen LogP contribution < -0.4 is 10.6 Å². The van der Waals surface area contributed by atoms with Crippen LogP contribution in [0.1, 0.15) is 171 Å². The van der Waals surface area contributed by atoms with E-state index in [-0.39, 0.29) is 22.2 Å². The van der Waals surface area contributed by atoms with Crippen molar-refractivity contribution in [1.82, 2.24) is 10.6 Å². The molecule has 0 aromatic carbocycles. The molecule has 0 radical (unpaired) electrons. The zero-order chi connectivity index (χ0) is 28.1. The first kappa shape index (κ1) is 33.5. The minimum atomic E-state index is 0.212. The van der Waals surface area contributed by atoms with Gasteiger partial charge in [-0.05, 0) is 104 Å². The van der Waals surface area contributed by atoms with Crippen LogP contribution in [-0.4, -0.2) is 46.7 Å². The monoisotopic (exact) mass is 531 g/mol. The van der Waals surface area contributed by atoms with Crippen molar-refractivity contribution in [3.63, 3.8) is 0 Å². The maximum Gasteiger partial charge on any atom is 0.0530 e. The molecule has 4 atom stereocenters. The Morgan fingerprint density at radius 2 is 0.789 bits per heavy atom. The van der Waals surface area contributed by atoms with Gasteiger partial charge in [-0.15, -0.1) is 0 Å². The number of hydrogen-bond acceptors (Lipinski definition) is 4. The first-order valence-electron chi connectivity index (χ1n) is 16.6. The number of nitrogens with zero attached hydrogens (tertiary/aromatic N) is 2. The molecule has 2 heterocycles. The van der Waals surface area contributed by atoms with Crippen LogP contribution in [0.25, 0.3) is 0 Å². The second-order valence-electron chi connectivity index (χ2n) is 14.3. The molecule has 4 heteroatoms. The molecule has 2 rings (SSSR count). The third kappa shape index (κ3) is 11.4. The fourth-order valence-electron chi connectivity index (χ4n) is 7.62. The molecule has 0 aromatic heterocycles. The Bertz CT molecular complexity index is 615. The van der Waals surface area contributed by atoms with Crippen molar-refractivity contribution in [1.29, 1.82) is 0 Å². The first-order chi connectivity index (χ1) is 18.0. The lowest BCUT2D eigenvalue weighted by atomic mass is 9.74. The summed E-state index contributed by atoms with van der Waals surface area (Å²) < 4.78 is 0. The van der Waals surface area contributed by atoms with E-state index in [1.54, 1.807) is 0 Å². The molecule has 38 heavy (non-hydrogen) atoms. The Morgan fingerprint density at radius 3 is 1.03 bits per heavy atom. The molecule has 2 N–H and O–H groups in total. The lowest BCUT2D eigenvalue weighted by Crippen LogP contribution is -2.61. The highest BCUT2D eigenvalue weighted by molar-refractivity contribution is 5.66. The quantitative estimate of drug-likeness (QED) is 0.145. The first-order valence-corrected chi connectivity index (χ1v) is 16.6. The van der Waals surface area contributed by atoms with E-state index >= 15 is 0 Å². The number of piperidine rings is 2. The van der Waals surface area contributed by atoms with Gasteiger partial charge in [0.05, 0.1) is 12.1 Å². The predicted molar refractivity (Wildman–Crippen MR) is 170 cm³/mol. The highest BCUT2D eigenvalue weighted by atomic mass is 15.1. The Kier molecular flexibility index (Phi) is 14.0. The molecule has 4 unspecified atom stereocenters. The predicted octanol–water partition coefficient (Wildman–Crippen LogP) is 9.21. The highest BCUT2D eigenvalue weighted by Gasteiger charge is 2.43. The van der Waals surface area contributed by atoms with E-state index < -0.39 is 0 Å². The van der Waals surface area contributed by atoms with Crippen LogP contribution >= 0.6 is 0 Å². The molecule has 4 nitrogen and oxygen atoms in total. The molecular formula is C34H66N4. The maximum absolute atomic E-state index is 5.15. The van der Waals surface area contributed by atoms with Gasteiger partial charge in [-0.2, -0.15) is 0 Å². The molecule has 0 aliphatic carbocycles. The standard InChI is InChI=1S/C34H66N4/c1-9-13-19-31(5)25-29(26-32(6,37-31)20-14-10-2)35-23-17-18-24-36-30-27-33(7,21-15-11-3)38-34(8,28-30)22-16-12-4/h23-24,29-30,37-38H,9-22,25-28H2,1-8H3. The van der Waals surface area contributed by atoms with Crippen molar-refractivity contribution in [2.75, 3.05) is 0 Å². The lowest BCUT2D eigenvalue weighted by molar-refractivity contribution is 0.117. The minimum absolute atomic E-state index is 0.212. The van der Waals surface area contributed by atoms with Gasteiger partial charge >= 0.3 is 0 Å². The number of unbranched alkanes of at least 4 members (excludes halogenated alkanes) is 5. The number of rotatable bonds is 17. The summed E-state index contributed by atoms with van der Waals surface area (Å²) in [4.78, 5) is 10.3. The van der Waals surface area contributed by atoms with E-state index in [0.29, 0.717) is 12.1 Å². The van der Waals surface area contributed by atoms with Gasteiger partial charge in [0.1, 0.15) is 0 Å². The summed E-state index contributed by atoms with van der Waals surface area (Å²) in [5, 5.41) is 8.18. The number of hydrogen-bond donors (Lipinski definition) is 2. The lowest BCUT2D eigenvalue weighted by Gasteiger charge is -2.49. The zero-order valence-corrected chi connectivity index (χ0v) is 26.9. The van der Waals surface area contributed by atoms with Crippen LogP contribution in [0.4, 0.5) is 0 Å². The van der Waals surface area contributed by atoms with Crippen LogP contribution in [0.5, 0.6) is 0 Å². The SMILES string of the molecule is CCCCC1(C)CC(N=CCCC=NC2CC(C)(CCCC)NC(C)(CCCC)C2)CC(C)(CCCC)N1. The van der Waals surface area contributed by atoms with Crippen LogP contribution in [0.3, 0.4) is 0 Å². The molecule has 0 amide bonds. The van der Waals surface area contributed by atoms with E-state index in [1.807, 2.05) is 0 Å². The van der Waals surface area contributed by atoms with E-state index in [1.165, 1.54) is 103 Å². The van der Waals surface area contributed by atoms with Crippen molar-refractivity contribution in [2.45, 2.75) is 205 Å². The summed E-state index contributed by atoms with van der Waals surface area (Å²) in [5.41, 5.74) is 0.850. The van der Waals surface area contributed by atoms with E-state index in [0.717, 1.165) is 12.8 Å². The fourth-order valence-corrected chi connectivity index (χ4v) is 7.62. The second-order valence-corrected chi connectivity index (χ2v) is 14.3. The van der Waals surface area contributed by atoms with Gasteiger partial charge in [0, 0.05) is 22.2 Å². The molecule has 2 saturated heterocycles. The zero-order valence-electron chi connectivity index (χ0n) is 26.9. The fraction of sp³-hybridized carbons (Fsp3) is 0.941. The molecule has 2 aliphatic rings. The third-order valence-corrected chi connectivity index (χ3v) is 9.34. The summed E-state index contributed by atoms with van der Waals surface area (Å²) in [5.74, 6) is 0. The van der Waals surface area contributed by atoms with E-state index in [9.17, 15) is 0 Å². The molecule has 0 spiro atoms. The van der Waals surface area contributed by atoms with E-state index in [2.05, 4.69) is 78.5 Å². The molecule has 2 aliphatic heterocycles. The van der Waals surface area contributed by atoms with Crippen molar-refractivity contribution < 1.29 is 0 Å². The smallest absolute Gasteiger partial charge is 0.0530 e. The van der Waals surface area contributed by atoms with E-state index in [4.69, 9.17) is 9.98 Å². The highest BCUT2D eigenvalue weighted by Crippen LogP contribution is 2.38. The van der Waals surface area contributed by atoms with Crippen LogP contribution in [-0.2, 0) is 0 Å². The molecule has 0 bridgehead atoms. The summed E-state index contributed by atoms with van der Waals surface area (Å²) in [6.07, 6.45) is 26.4. The Morgan fingerprint density at radius 1 is 0.526 bits per heavy atom. The van der Waals surface area contributed by atoms with Crippen LogP contribution in [0.15, 0.2) is 9.98 Å².